The molecule has 19 heavy (non-hydrogen) atoms. The molecule has 1 aromatic heterocycles. The molecule has 0 aromatic carbocycles. The van der Waals surface area contributed by atoms with Gasteiger partial charge in [0.1, 0.15) is 0 Å². The van der Waals surface area contributed by atoms with Crippen molar-refractivity contribution in [2.24, 2.45) is 17.6 Å². The van der Waals surface area contributed by atoms with Gasteiger partial charge in [0.25, 0.3) is 0 Å². The molecule has 1 aromatic rings. The molecular formula is C15H22N2OS. The molecule has 3 nitrogen and oxygen atoms in total. The van der Waals surface area contributed by atoms with Crippen LogP contribution in [0.4, 0.5) is 0 Å². The van der Waals surface area contributed by atoms with Gasteiger partial charge in [-0.25, -0.2) is 0 Å². The van der Waals surface area contributed by atoms with Crippen LogP contribution in [0.1, 0.15) is 43.2 Å². The van der Waals surface area contributed by atoms with Crippen molar-refractivity contribution in [2.75, 3.05) is 6.54 Å². The number of rotatable bonds is 3. The van der Waals surface area contributed by atoms with Crippen LogP contribution < -0.4 is 5.73 Å². The zero-order valence-corrected chi connectivity index (χ0v) is 12.5. The number of amides is 1. The number of fused-ring (bicyclic) bond motifs is 1. The third-order valence-corrected chi connectivity index (χ3v) is 5.54. The van der Waals surface area contributed by atoms with Crippen LogP contribution in [0.25, 0.3) is 0 Å². The van der Waals surface area contributed by atoms with Gasteiger partial charge in [-0.05, 0) is 49.1 Å². The fraction of sp³-hybridized carbons (Fsp3) is 0.667. The molecule has 0 bridgehead atoms. The first-order valence-corrected chi connectivity index (χ1v) is 8.10. The highest BCUT2D eigenvalue weighted by Gasteiger charge is 2.42. The number of nitrogens with two attached hydrogens (primary N) is 1. The van der Waals surface area contributed by atoms with Gasteiger partial charge in [-0.1, -0.05) is 6.92 Å². The molecule has 1 saturated carbocycles. The van der Waals surface area contributed by atoms with E-state index in [0.717, 1.165) is 13.0 Å². The van der Waals surface area contributed by atoms with E-state index in [1.54, 1.807) is 0 Å². The summed E-state index contributed by atoms with van der Waals surface area (Å²) in [5.74, 6) is 0.836. The van der Waals surface area contributed by atoms with Crippen LogP contribution in [-0.4, -0.2) is 23.4 Å². The molecule has 4 heteroatoms. The molecule has 0 spiro atoms. The first-order chi connectivity index (χ1) is 9.09. The molecule has 0 radical (unpaired) electrons. The summed E-state index contributed by atoms with van der Waals surface area (Å²) in [7, 11) is 0. The van der Waals surface area contributed by atoms with Crippen molar-refractivity contribution in [1.82, 2.24) is 4.90 Å². The predicted molar refractivity (Wildman–Crippen MR) is 78.0 cm³/mol. The fourth-order valence-corrected chi connectivity index (χ4v) is 3.91. The monoisotopic (exact) mass is 278 g/mol. The van der Waals surface area contributed by atoms with Crippen LogP contribution >= 0.6 is 11.3 Å². The van der Waals surface area contributed by atoms with Gasteiger partial charge in [0.2, 0.25) is 5.91 Å². The van der Waals surface area contributed by atoms with Crippen molar-refractivity contribution in [3.8, 4) is 0 Å². The van der Waals surface area contributed by atoms with Crippen LogP contribution in [0.5, 0.6) is 0 Å². The molecular weight excluding hydrogens is 256 g/mol. The summed E-state index contributed by atoms with van der Waals surface area (Å²) in [5, 5.41) is 2.17. The predicted octanol–water partition coefficient (Wildman–Crippen LogP) is 2.57. The second-order valence-electron chi connectivity index (χ2n) is 6.01. The third-order valence-electron chi connectivity index (χ3n) is 4.54. The molecule has 1 aliphatic carbocycles. The summed E-state index contributed by atoms with van der Waals surface area (Å²) >= 11 is 1.84. The van der Waals surface area contributed by atoms with Gasteiger partial charge in [0, 0.05) is 17.5 Å². The van der Waals surface area contributed by atoms with E-state index in [9.17, 15) is 4.79 Å². The van der Waals surface area contributed by atoms with E-state index in [0.29, 0.717) is 12.0 Å². The van der Waals surface area contributed by atoms with E-state index in [1.165, 1.54) is 23.3 Å². The molecule has 3 atom stereocenters. The summed E-state index contributed by atoms with van der Waals surface area (Å²) in [6, 6.07) is 2.47. The van der Waals surface area contributed by atoms with Gasteiger partial charge < -0.3 is 10.6 Å². The Kier molecular flexibility index (Phi) is 3.39. The Labute approximate surface area is 118 Å². The Morgan fingerprint density at radius 3 is 2.84 bits per heavy atom. The molecule has 1 amide bonds. The average Bonchev–Trinajstić information content (AvgIpc) is 3.12. The lowest BCUT2D eigenvalue weighted by Gasteiger charge is -2.38. The van der Waals surface area contributed by atoms with Gasteiger partial charge >= 0.3 is 0 Å². The number of hydrogen-bond donors (Lipinski definition) is 1. The van der Waals surface area contributed by atoms with Gasteiger partial charge in [-0.3, -0.25) is 4.79 Å². The number of nitrogens with zero attached hydrogens (tertiary/aromatic N) is 1. The van der Waals surface area contributed by atoms with Crippen molar-refractivity contribution in [1.29, 1.82) is 0 Å². The zero-order valence-electron chi connectivity index (χ0n) is 11.6. The van der Waals surface area contributed by atoms with E-state index >= 15 is 0 Å². The third kappa shape index (κ3) is 2.32. The Morgan fingerprint density at radius 2 is 2.21 bits per heavy atom. The van der Waals surface area contributed by atoms with Gasteiger partial charge in [-0.2, -0.15) is 0 Å². The van der Waals surface area contributed by atoms with Crippen LogP contribution in [-0.2, 0) is 11.2 Å². The molecule has 3 rings (SSSR count). The minimum Gasteiger partial charge on any atom is -0.335 e. The van der Waals surface area contributed by atoms with E-state index in [-0.39, 0.29) is 17.9 Å². The first kappa shape index (κ1) is 13.1. The van der Waals surface area contributed by atoms with Crippen molar-refractivity contribution in [3.05, 3.63) is 21.9 Å². The second-order valence-corrected chi connectivity index (χ2v) is 7.01. The normalized spacial score (nSPS) is 25.8. The molecule has 2 aliphatic rings. The highest BCUT2D eigenvalue weighted by atomic mass is 32.1. The lowest BCUT2D eigenvalue weighted by atomic mass is 9.93. The van der Waals surface area contributed by atoms with Gasteiger partial charge in [0.05, 0.1) is 12.0 Å². The van der Waals surface area contributed by atoms with Crippen molar-refractivity contribution in [2.45, 2.75) is 45.2 Å². The Balaban J connectivity index is 1.87. The fourth-order valence-electron chi connectivity index (χ4n) is 3.00. The number of carbonyl (C=O) groups excluding carboxylic acids is 1. The number of hydrogen-bond acceptors (Lipinski definition) is 3. The quantitative estimate of drug-likeness (QED) is 0.923. The Hall–Kier alpha value is -0.870. The van der Waals surface area contributed by atoms with Gasteiger partial charge in [-0.15, -0.1) is 11.3 Å². The maximum absolute atomic E-state index is 12.7. The van der Waals surface area contributed by atoms with Crippen LogP contribution in [0.15, 0.2) is 11.4 Å². The van der Waals surface area contributed by atoms with Crippen molar-refractivity contribution < 1.29 is 4.79 Å². The average molecular weight is 278 g/mol. The minimum absolute atomic E-state index is 0.0729. The van der Waals surface area contributed by atoms with Crippen molar-refractivity contribution >= 4 is 17.2 Å². The topological polar surface area (TPSA) is 46.3 Å². The molecule has 2 N–H and O–H groups in total. The summed E-state index contributed by atoms with van der Waals surface area (Å²) in [6.45, 7) is 4.75. The van der Waals surface area contributed by atoms with Crippen molar-refractivity contribution in [3.63, 3.8) is 0 Å². The maximum Gasteiger partial charge on any atom is 0.227 e. The SMILES string of the molecule is CC(N)C(C)C(=O)N1CCc2sccc2C1C1CC1. The molecule has 3 unspecified atom stereocenters. The number of thiophene rings is 1. The summed E-state index contributed by atoms with van der Waals surface area (Å²) in [5.41, 5.74) is 7.32. The second kappa shape index (κ2) is 4.91. The minimum atomic E-state index is -0.0820. The molecule has 1 aliphatic heterocycles. The first-order valence-electron chi connectivity index (χ1n) is 7.22. The van der Waals surface area contributed by atoms with Crippen LogP contribution in [0.3, 0.4) is 0 Å². The highest BCUT2D eigenvalue weighted by molar-refractivity contribution is 7.10. The molecule has 0 saturated heterocycles. The van der Waals surface area contributed by atoms with E-state index in [2.05, 4.69) is 16.3 Å². The molecule has 104 valence electrons. The largest absolute Gasteiger partial charge is 0.335 e. The zero-order chi connectivity index (χ0) is 13.6. The Morgan fingerprint density at radius 1 is 1.47 bits per heavy atom. The smallest absolute Gasteiger partial charge is 0.227 e. The lowest BCUT2D eigenvalue weighted by molar-refractivity contribution is -0.139. The Bertz CT molecular complexity index is 478. The maximum atomic E-state index is 12.7. The molecule has 1 fully saturated rings. The van der Waals surface area contributed by atoms with E-state index in [1.807, 2.05) is 25.2 Å². The lowest BCUT2D eigenvalue weighted by Crippen LogP contribution is -2.46. The van der Waals surface area contributed by atoms with Gasteiger partial charge in [0.15, 0.2) is 0 Å². The van der Waals surface area contributed by atoms with Crippen LogP contribution in [0, 0.1) is 11.8 Å². The summed E-state index contributed by atoms with van der Waals surface area (Å²) in [6.07, 6.45) is 3.53. The van der Waals surface area contributed by atoms with E-state index < -0.39 is 0 Å². The standard InChI is InChI=1S/C15H22N2OS/c1-9(10(2)16)15(18)17-7-5-13-12(6-8-19-13)14(17)11-3-4-11/h6,8-11,14H,3-5,7,16H2,1-2H3. The van der Waals surface area contributed by atoms with E-state index in [4.69, 9.17) is 5.73 Å². The highest BCUT2D eigenvalue weighted by Crippen LogP contribution is 2.48. The number of carbonyl (C=O) groups is 1. The molecule has 2 heterocycles. The summed E-state index contributed by atoms with van der Waals surface area (Å²) < 4.78 is 0. The summed E-state index contributed by atoms with van der Waals surface area (Å²) in [4.78, 5) is 16.3. The van der Waals surface area contributed by atoms with Crippen LogP contribution in [0.2, 0.25) is 0 Å².